The van der Waals surface area contributed by atoms with Crippen LogP contribution < -0.4 is 4.90 Å². The number of fused-ring (bicyclic) bond motifs is 1. The first-order valence-electron chi connectivity index (χ1n) is 4.05. The summed E-state index contributed by atoms with van der Waals surface area (Å²) in [4.78, 5) is 12.1. The van der Waals surface area contributed by atoms with Gasteiger partial charge in [0.15, 0.2) is 0 Å². The summed E-state index contributed by atoms with van der Waals surface area (Å²) in [6, 6.07) is 7.45. The Bertz CT molecular complexity index is 376. The number of para-hydroxylation sites is 1. The molecule has 0 aliphatic carbocycles. The number of benzene rings is 1. The summed E-state index contributed by atoms with van der Waals surface area (Å²) in [5, 5.41) is 8.88. The first-order chi connectivity index (χ1) is 6.29. The van der Waals surface area contributed by atoms with Crippen LogP contribution in [-0.2, 0) is 0 Å². The number of anilines is 1. The summed E-state index contributed by atoms with van der Waals surface area (Å²) in [6.45, 7) is 0.437. The third-order valence-electron chi connectivity index (χ3n) is 2.04. The predicted molar refractivity (Wildman–Crippen MR) is 58.1 cm³/mol. The molecule has 0 saturated heterocycles. The maximum absolute atomic E-state index is 10.8. The molecule has 1 aliphatic rings. The topological polar surface area (TPSA) is 40.5 Å². The second-order valence-electron chi connectivity index (χ2n) is 2.85. The van der Waals surface area contributed by atoms with Crippen LogP contribution >= 0.6 is 12.4 Å². The van der Waals surface area contributed by atoms with Gasteiger partial charge in [-0.1, -0.05) is 30.4 Å². The Hall–Kier alpha value is -1.48. The number of nitrogens with zero attached hydrogens (tertiary/aromatic N) is 1. The van der Waals surface area contributed by atoms with E-state index in [0.29, 0.717) is 6.54 Å². The largest absolute Gasteiger partial charge is 0.465 e. The summed E-state index contributed by atoms with van der Waals surface area (Å²) in [6.07, 6.45) is 2.88. The molecule has 0 atom stereocenters. The van der Waals surface area contributed by atoms with Gasteiger partial charge in [0.1, 0.15) is 0 Å². The highest BCUT2D eigenvalue weighted by molar-refractivity contribution is 5.91. The summed E-state index contributed by atoms with van der Waals surface area (Å²) in [7, 11) is 0. The average molecular weight is 212 g/mol. The average Bonchev–Trinajstić information content (AvgIpc) is 2.17. The number of hydrogen-bond donors (Lipinski definition) is 1. The van der Waals surface area contributed by atoms with Gasteiger partial charge in [-0.2, -0.15) is 0 Å². The number of halogens is 1. The lowest BCUT2D eigenvalue weighted by Gasteiger charge is -2.22. The van der Waals surface area contributed by atoms with Crippen molar-refractivity contribution in [2.24, 2.45) is 0 Å². The molecule has 1 N–H and O–H groups in total. The minimum Gasteiger partial charge on any atom is -0.465 e. The zero-order chi connectivity index (χ0) is 9.26. The number of hydrogen-bond acceptors (Lipinski definition) is 1. The van der Waals surface area contributed by atoms with Gasteiger partial charge in [0.25, 0.3) is 0 Å². The first kappa shape index (κ1) is 10.6. The van der Waals surface area contributed by atoms with Gasteiger partial charge >= 0.3 is 6.09 Å². The minimum atomic E-state index is -0.906. The van der Waals surface area contributed by atoms with Gasteiger partial charge in [0, 0.05) is 6.54 Å². The van der Waals surface area contributed by atoms with Crippen LogP contribution in [0.4, 0.5) is 10.5 Å². The lowest BCUT2D eigenvalue weighted by Crippen LogP contribution is -2.31. The maximum atomic E-state index is 10.8. The van der Waals surface area contributed by atoms with Gasteiger partial charge in [-0.25, -0.2) is 4.79 Å². The van der Waals surface area contributed by atoms with Gasteiger partial charge in [0.2, 0.25) is 0 Å². The van der Waals surface area contributed by atoms with Crippen LogP contribution in [0.2, 0.25) is 0 Å². The zero-order valence-electron chi connectivity index (χ0n) is 7.38. The Labute approximate surface area is 88.1 Å². The Morgan fingerprint density at radius 3 is 2.79 bits per heavy atom. The van der Waals surface area contributed by atoms with Gasteiger partial charge in [-0.05, 0) is 11.6 Å². The SMILES string of the molecule is Cl.O=C(O)N1CC=Cc2ccccc21. The summed E-state index contributed by atoms with van der Waals surface area (Å²) in [5.74, 6) is 0. The second-order valence-corrected chi connectivity index (χ2v) is 2.85. The van der Waals surface area contributed by atoms with Crippen LogP contribution in [0.5, 0.6) is 0 Å². The Morgan fingerprint density at radius 1 is 1.36 bits per heavy atom. The fourth-order valence-electron chi connectivity index (χ4n) is 1.44. The standard InChI is InChI=1S/C10H9NO2.ClH/c12-10(13)11-7-3-5-8-4-1-2-6-9(8)11;/h1-6H,7H2,(H,12,13);1H. The van der Waals surface area contributed by atoms with E-state index in [0.717, 1.165) is 11.3 Å². The van der Waals surface area contributed by atoms with Crippen LogP contribution in [0.1, 0.15) is 5.56 Å². The van der Waals surface area contributed by atoms with Crippen LogP contribution in [0, 0.1) is 0 Å². The monoisotopic (exact) mass is 211 g/mol. The van der Waals surface area contributed by atoms with Crippen molar-refractivity contribution in [1.82, 2.24) is 0 Å². The Kier molecular flexibility index (Phi) is 3.14. The van der Waals surface area contributed by atoms with E-state index in [-0.39, 0.29) is 12.4 Å². The van der Waals surface area contributed by atoms with Crippen LogP contribution in [0.15, 0.2) is 30.3 Å². The van der Waals surface area contributed by atoms with Crippen molar-refractivity contribution in [1.29, 1.82) is 0 Å². The first-order valence-corrected chi connectivity index (χ1v) is 4.05. The van der Waals surface area contributed by atoms with Crippen molar-refractivity contribution in [2.45, 2.75) is 0 Å². The molecule has 0 spiro atoms. The van der Waals surface area contributed by atoms with E-state index in [1.165, 1.54) is 4.90 Å². The van der Waals surface area contributed by atoms with Crippen molar-refractivity contribution < 1.29 is 9.90 Å². The van der Waals surface area contributed by atoms with E-state index in [1.54, 1.807) is 0 Å². The number of carbonyl (C=O) groups is 1. The molecule has 14 heavy (non-hydrogen) atoms. The van der Waals surface area contributed by atoms with Crippen molar-refractivity contribution in [3.8, 4) is 0 Å². The molecule has 1 heterocycles. The molecule has 0 radical (unpaired) electrons. The molecule has 1 amide bonds. The summed E-state index contributed by atoms with van der Waals surface area (Å²) >= 11 is 0. The summed E-state index contributed by atoms with van der Waals surface area (Å²) < 4.78 is 0. The maximum Gasteiger partial charge on any atom is 0.412 e. The fraction of sp³-hybridized carbons (Fsp3) is 0.100. The highest BCUT2D eigenvalue weighted by Crippen LogP contribution is 2.24. The van der Waals surface area contributed by atoms with E-state index >= 15 is 0 Å². The molecule has 3 nitrogen and oxygen atoms in total. The van der Waals surface area contributed by atoms with Crippen molar-refractivity contribution in [3.63, 3.8) is 0 Å². The lowest BCUT2D eigenvalue weighted by molar-refractivity contribution is 0.202. The molecule has 1 aromatic rings. The zero-order valence-corrected chi connectivity index (χ0v) is 8.20. The molecule has 0 fully saturated rings. The molecule has 2 rings (SSSR count). The molecule has 1 aromatic carbocycles. The molecule has 1 aliphatic heterocycles. The van der Waals surface area contributed by atoms with Crippen LogP contribution in [0.3, 0.4) is 0 Å². The van der Waals surface area contributed by atoms with E-state index in [4.69, 9.17) is 5.11 Å². The van der Waals surface area contributed by atoms with E-state index in [2.05, 4.69) is 0 Å². The Balaban J connectivity index is 0.000000980. The molecule has 74 valence electrons. The number of rotatable bonds is 0. The second kappa shape index (κ2) is 4.15. The van der Waals surface area contributed by atoms with Gasteiger partial charge in [-0.3, -0.25) is 4.90 Å². The molecular weight excluding hydrogens is 202 g/mol. The third kappa shape index (κ3) is 1.72. The van der Waals surface area contributed by atoms with Crippen LogP contribution in [-0.4, -0.2) is 17.7 Å². The van der Waals surface area contributed by atoms with E-state index in [1.807, 2.05) is 36.4 Å². The van der Waals surface area contributed by atoms with E-state index < -0.39 is 6.09 Å². The molecule has 4 heteroatoms. The number of amides is 1. The van der Waals surface area contributed by atoms with Crippen LogP contribution in [0.25, 0.3) is 6.08 Å². The molecule has 0 bridgehead atoms. The molecule has 0 saturated carbocycles. The predicted octanol–water partition coefficient (Wildman–Crippen LogP) is 2.62. The van der Waals surface area contributed by atoms with Crippen molar-refractivity contribution in [3.05, 3.63) is 35.9 Å². The molecule has 0 unspecified atom stereocenters. The van der Waals surface area contributed by atoms with E-state index in [9.17, 15) is 4.79 Å². The molecule has 0 aromatic heterocycles. The van der Waals surface area contributed by atoms with Crippen molar-refractivity contribution in [2.75, 3.05) is 11.4 Å². The highest BCUT2D eigenvalue weighted by atomic mass is 35.5. The molecular formula is C10H10ClNO2. The smallest absolute Gasteiger partial charge is 0.412 e. The Morgan fingerprint density at radius 2 is 2.07 bits per heavy atom. The quantitative estimate of drug-likeness (QED) is 0.717. The van der Waals surface area contributed by atoms with Gasteiger partial charge in [0.05, 0.1) is 5.69 Å². The lowest BCUT2D eigenvalue weighted by atomic mass is 10.1. The van der Waals surface area contributed by atoms with Gasteiger partial charge < -0.3 is 5.11 Å². The normalized spacial score (nSPS) is 13.0. The van der Waals surface area contributed by atoms with Crippen molar-refractivity contribution >= 4 is 30.3 Å². The highest BCUT2D eigenvalue weighted by Gasteiger charge is 2.17. The third-order valence-corrected chi connectivity index (χ3v) is 2.04. The fourth-order valence-corrected chi connectivity index (χ4v) is 1.44. The number of carboxylic acid groups (broad SMARTS) is 1. The summed E-state index contributed by atoms with van der Waals surface area (Å²) in [5.41, 5.74) is 1.72. The minimum absolute atomic E-state index is 0. The van der Waals surface area contributed by atoms with Gasteiger partial charge in [-0.15, -0.1) is 12.4 Å².